The van der Waals surface area contributed by atoms with Gasteiger partial charge in [0.1, 0.15) is 0 Å². The highest BCUT2D eigenvalue weighted by atomic mass is 28.4. The minimum atomic E-state index is -1.96. The Kier molecular flexibility index (Phi) is 5.77. The van der Waals surface area contributed by atoms with E-state index in [9.17, 15) is 4.79 Å². The van der Waals surface area contributed by atoms with Gasteiger partial charge in [-0.25, -0.2) is 0 Å². The number of carbonyl (C=O) groups excluding carboxylic acids is 1. The van der Waals surface area contributed by atoms with Crippen LogP contribution < -0.4 is 0 Å². The van der Waals surface area contributed by atoms with Gasteiger partial charge < -0.3 is 13.8 Å². The Hall–Kier alpha value is -0.436. The minimum Gasteiger partial charge on any atom is -0.409 e. The lowest BCUT2D eigenvalue weighted by atomic mass is 10.0. The fourth-order valence-corrected chi connectivity index (χ4v) is 5.73. The normalized spacial score (nSPS) is 27.8. The van der Waals surface area contributed by atoms with Gasteiger partial charge >= 0.3 is 0 Å². The maximum atomic E-state index is 12.1. The van der Waals surface area contributed by atoms with Gasteiger partial charge in [-0.15, -0.1) is 0 Å². The van der Waals surface area contributed by atoms with Gasteiger partial charge in [0.05, 0.1) is 18.2 Å². The average Bonchev–Trinajstić information content (AvgIpc) is 2.73. The quantitative estimate of drug-likeness (QED) is 0.630. The summed E-state index contributed by atoms with van der Waals surface area (Å²) < 4.78 is 13.7. The van der Waals surface area contributed by atoms with Crippen LogP contribution in [0, 0.1) is 0 Å². The topological polar surface area (TPSA) is 38.8 Å². The van der Waals surface area contributed by atoms with Gasteiger partial charge in [0.25, 0.3) is 0 Å². The number of ketones is 1. The largest absolute Gasteiger partial charge is 0.409 e. The summed E-state index contributed by atoms with van der Waals surface area (Å²) in [6.45, 7) is 23.6. The van der Waals surface area contributed by atoms with E-state index >= 15 is 0 Å². The zero-order valence-corrected chi connectivity index (χ0v) is 20.5. The number of hydrogen-bond acceptors (Lipinski definition) is 4. The molecule has 6 heteroatoms. The number of allylic oxidation sites excluding steroid dienone is 1. The van der Waals surface area contributed by atoms with Gasteiger partial charge in [-0.05, 0) is 42.3 Å². The van der Waals surface area contributed by atoms with Crippen molar-refractivity contribution in [2.75, 3.05) is 6.54 Å². The van der Waals surface area contributed by atoms with E-state index in [1.165, 1.54) is 0 Å². The van der Waals surface area contributed by atoms with Gasteiger partial charge in [-0.2, -0.15) is 0 Å². The third-order valence-corrected chi connectivity index (χ3v) is 15.9. The Labute approximate surface area is 162 Å². The maximum absolute atomic E-state index is 12.1. The van der Waals surface area contributed by atoms with Gasteiger partial charge in [-0.1, -0.05) is 41.5 Å². The first kappa shape index (κ1) is 21.9. The van der Waals surface area contributed by atoms with Crippen molar-refractivity contribution in [3.63, 3.8) is 0 Å². The molecule has 1 saturated heterocycles. The van der Waals surface area contributed by atoms with Crippen LogP contribution in [0.1, 0.15) is 48.0 Å². The van der Waals surface area contributed by atoms with Crippen molar-refractivity contribution in [2.24, 2.45) is 0 Å². The molecule has 0 aromatic carbocycles. The molecule has 26 heavy (non-hydrogen) atoms. The second-order valence-electron chi connectivity index (χ2n) is 11.0. The van der Waals surface area contributed by atoms with E-state index < -0.39 is 16.6 Å². The molecule has 3 atom stereocenters. The predicted molar refractivity (Wildman–Crippen MR) is 113 cm³/mol. The fraction of sp³-hybridized carbons (Fsp3) is 0.850. The van der Waals surface area contributed by atoms with E-state index in [0.717, 1.165) is 6.54 Å². The number of carbonyl (C=O) groups is 1. The number of fused-ring (bicyclic) bond motifs is 1. The summed E-state index contributed by atoms with van der Waals surface area (Å²) in [7, 11) is -3.87. The third kappa shape index (κ3) is 4.34. The standard InChI is InChI=1S/C20H39NO3Si2/c1-19(2,3)25(7,8)23-17-14-21-12-11-15(22)13-16(21)18(17)24-26(9,10)20(4,5)6/h11-12,16-18H,13-14H2,1-10H3/t16-,17+,18+/m1/s1. The van der Waals surface area contributed by atoms with E-state index in [1.54, 1.807) is 6.08 Å². The minimum absolute atomic E-state index is 0.0288. The summed E-state index contributed by atoms with van der Waals surface area (Å²) in [5.74, 6) is 0.197. The molecule has 0 N–H and O–H groups in total. The van der Waals surface area contributed by atoms with Gasteiger partial charge in [0, 0.05) is 19.2 Å². The summed E-state index contributed by atoms with van der Waals surface area (Å²) in [6, 6.07) is 0.108. The van der Waals surface area contributed by atoms with E-state index in [-0.39, 0.29) is 34.1 Å². The van der Waals surface area contributed by atoms with Crippen LogP contribution >= 0.6 is 0 Å². The molecule has 0 unspecified atom stereocenters. The first-order chi connectivity index (χ1) is 11.6. The van der Waals surface area contributed by atoms with Crippen LogP contribution in [0.15, 0.2) is 12.3 Å². The number of rotatable bonds is 4. The molecule has 0 aromatic heterocycles. The zero-order chi connectivity index (χ0) is 20.1. The molecule has 0 amide bonds. The predicted octanol–water partition coefficient (Wildman–Crippen LogP) is 4.94. The van der Waals surface area contributed by atoms with Crippen molar-refractivity contribution in [2.45, 2.75) is 102 Å². The second kappa shape index (κ2) is 6.87. The molecular weight excluding hydrogens is 358 g/mol. The van der Waals surface area contributed by atoms with Gasteiger partial charge in [-0.3, -0.25) is 4.79 Å². The molecule has 0 aliphatic carbocycles. The highest BCUT2D eigenvalue weighted by Gasteiger charge is 2.51. The van der Waals surface area contributed by atoms with Crippen molar-refractivity contribution >= 4 is 22.4 Å². The summed E-state index contributed by atoms with van der Waals surface area (Å²) in [5.41, 5.74) is 0. The highest BCUT2D eigenvalue weighted by Crippen LogP contribution is 2.43. The molecule has 150 valence electrons. The lowest BCUT2D eigenvalue weighted by Crippen LogP contribution is -2.53. The van der Waals surface area contributed by atoms with Crippen LogP contribution in [0.4, 0.5) is 0 Å². The Morgan fingerprint density at radius 2 is 1.46 bits per heavy atom. The first-order valence-corrected chi connectivity index (χ1v) is 15.7. The molecule has 2 aliphatic rings. The lowest BCUT2D eigenvalue weighted by Gasteiger charge is -2.44. The van der Waals surface area contributed by atoms with Gasteiger partial charge in [0.15, 0.2) is 22.4 Å². The summed E-state index contributed by atoms with van der Waals surface area (Å²) in [5, 5.41) is 0.291. The lowest BCUT2D eigenvalue weighted by molar-refractivity contribution is -0.116. The zero-order valence-electron chi connectivity index (χ0n) is 18.5. The van der Waals surface area contributed by atoms with Gasteiger partial charge in [0.2, 0.25) is 0 Å². The Morgan fingerprint density at radius 3 is 1.96 bits per heavy atom. The third-order valence-electron chi connectivity index (χ3n) is 6.91. The van der Waals surface area contributed by atoms with Crippen molar-refractivity contribution in [1.82, 2.24) is 4.90 Å². The molecule has 0 spiro atoms. The van der Waals surface area contributed by atoms with Crippen LogP contribution in [0.5, 0.6) is 0 Å². The molecule has 0 bridgehead atoms. The fourth-order valence-electron chi connectivity index (χ4n) is 3.07. The first-order valence-electron chi connectivity index (χ1n) is 9.88. The van der Waals surface area contributed by atoms with Crippen LogP contribution in [-0.2, 0) is 13.6 Å². The van der Waals surface area contributed by atoms with E-state index in [1.807, 2.05) is 6.20 Å². The Balaban J connectivity index is 2.31. The monoisotopic (exact) mass is 397 g/mol. The van der Waals surface area contributed by atoms with E-state index in [0.29, 0.717) is 6.42 Å². The molecule has 4 nitrogen and oxygen atoms in total. The average molecular weight is 398 g/mol. The van der Waals surface area contributed by atoms with Crippen LogP contribution in [0.25, 0.3) is 0 Å². The van der Waals surface area contributed by atoms with E-state index in [2.05, 4.69) is 72.6 Å². The maximum Gasteiger partial charge on any atom is 0.192 e. The molecule has 1 fully saturated rings. The second-order valence-corrected chi connectivity index (χ2v) is 20.5. The molecule has 2 heterocycles. The van der Waals surface area contributed by atoms with Crippen molar-refractivity contribution in [3.8, 4) is 0 Å². The molecule has 0 radical (unpaired) electrons. The van der Waals surface area contributed by atoms with Crippen molar-refractivity contribution < 1.29 is 13.6 Å². The van der Waals surface area contributed by atoms with E-state index in [4.69, 9.17) is 8.85 Å². The summed E-state index contributed by atoms with van der Waals surface area (Å²) in [4.78, 5) is 14.3. The smallest absolute Gasteiger partial charge is 0.192 e. The molecule has 2 rings (SSSR count). The van der Waals surface area contributed by atoms with Crippen LogP contribution in [0.3, 0.4) is 0 Å². The van der Waals surface area contributed by atoms with Crippen LogP contribution in [-0.4, -0.2) is 52.1 Å². The Bertz CT molecular complexity index is 573. The SMILES string of the molecule is CC(C)(C)[Si](C)(C)O[C@@H]1[C@@H](O[Si](C)(C)C(C)(C)C)CN2C=CC(=O)C[C@H]12. The number of hydrogen-bond donors (Lipinski definition) is 0. The van der Waals surface area contributed by atoms with Crippen LogP contribution in [0.2, 0.25) is 36.3 Å². The summed E-state index contributed by atoms with van der Waals surface area (Å²) >= 11 is 0. The Morgan fingerprint density at radius 1 is 0.962 bits per heavy atom. The summed E-state index contributed by atoms with van der Waals surface area (Å²) in [6.07, 6.45) is 4.19. The molecular formula is C20H39NO3Si2. The van der Waals surface area contributed by atoms with Crippen molar-refractivity contribution in [1.29, 1.82) is 0 Å². The van der Waals surface area contributed by atoms with Crippen molar-refractivity contribution in [3.05, 3.63) is 12.3 Å². The molecule has 0 aromatic rings. The number of nitrogens with zero attached hydrogens (tertiary/aromatic N) is 1. The highest BCUT2D eigenvalue weighted by molar-refractivity contribution is 6.74. The molecule has 0 saturated carbocycles. The molecule has 2 aliphatic heterocycles.